The third-order valence-electron chi connectivity index (χ3n) is 7.99. The number of amides is 1. The summed E-state index contributed by atoms with van der Waals surface area (Å²) in [4.78, 5) is 20.4. The number of ether oxygens (including phenoxy) is 2. The van der Waals surface area contributed by atoms with Crippen LogP contribution in [0.2, 0.25) is 0 Å². The summed E-state index contributed by atoms with van der Waals surface area (Å²) in [5, 5.41) is 0. The second-order valence-electron chi connectivity index (χ2n) is 10.5. The van der Waals surface area contributed by atoms with Crippen LogP contribution in [0.5, 0.6) is 5.75 Å². The Kier molecular flexibility index (Phi) is 8.57. The first-order valence-corrected chi connectivity index (χ1v) is 13.8. The maximum absolute atomic E-state index is 13.5. The zero-order chi connectivity index (χ0) is 24.7. The van der Waals surface area contributed by atoms with Gasteiger partial charge in [0.1, 0.15) is 12.4 Å². The average molecular weight is 492 g/mol. The summed E-state index contributed by atoms with van der Waals surface area (Å²) >= 11 is 0. The van der Waals surface area contributed by atoms with Crippen molar-refractivity contribution >= 4 is 5.91 Å². The summed E-state index contributed by atoms with van der Waals surface area (Å²) in [5.41, 5.74) is 3.67. The summed E-state index contributed by atoms with van der Waals surface area (Å²) in [7, 11) is 0. The molecule has 0 radical (unpaired) electrons. The average Bonchev–Trinajstić information content (AvgIpc) is 3.15. The van der Waals surface area contributed by atoms with E-state index in [2.05, 4.69) is 59.2 Å². The van der Waals surface area contributed by atoms with E-state index < -0.39 is 0 Å². The van der Waals surface area contributed by atoms with Gasteiger partial charge in [-0.3, -0.25) is 14.6 Å². The number of fused-ring (bicyclic) bond motifs is 1. The monoisotopic (exact) mass is 491 g/mol. The maximum Gasteiger partial charge on any atom is 0.240 e. The number of rotatable bonds is 7. The quantitative estimate of drug-likeness (QED) is 0.572. The van der Waals surface area contributed by atoms with Crippen molar-refractivity contribution < 1.29 is 14.3 Å². The topological polar surface area (TPSA) is 45.2 Å². The highest BCUT2D eigenvalue weighted by atomic mass is 16.5. The molecule has 2 saturated heterocycles. The van der Waals surface area contributed by atoms with Crippen molar-refractivity contribution in [2.45, 2.75) is 70.9 Å². The van der Waals surface area contributed by atoms with E-state index in [9.17, 15) is 4.79 Å². The predicted molar refractivity (Wildman–Crippen MR) is 142 cm³/mol. The number of benzene rings is 2. The molecule has 1 atom stereocenters. The van der Waals surface area contributed by atoms with E-state index in [1.807, 2.05) is 11.0 Å². The van der Waals surface area contributed by atoms with Crippen LogP contribution in [0, 0.1) is 0 Å². The molecule has 5 rings (SSSR count). The minimum absolute atomic E-state index is 0.0267. The smallest absolute Gasteiger partial charge is 0.240 e. The first-order chi connectivity index (χ1) is 17.7. The minimum atomic E-state index is 0.0267. The van der Waals surface area contributed by atoms with Gasteiger partial charge in [0, 0.05) is 31.7 Å². The molecule has 0 aromatic heterocycles. The van der Waals surface area contributed by atoms with Crippen LogP contribution in [0.3, 0.4) is 0 Å². The highest BCUT2D eigenvalue weighted by molar-refractivity contribution is 5.82. The van der Waals surface area contributed by atoms with Crippen molar-refractivity contribution in [3.8, 4) is 5.75 Å². The molecule has 3 heterocycles. The number of hydrogen-bond donors (Lipinski definition) is 0. The molecule has 0 bridgehead atoms. The van der Waals surface area contributed by atoms with E-state index in [-0.39, 0.29) is 11.9 Å². The van der Waals surface area contributed by atoms with Gasteiger partial charge in [0.05, 0.1) is 25.3 Å². The van der Waals surface area contributed by atoms with Crippen LogP contribution in [-0.2, 0) is 29.2 Å². The number of carbonyl (C=O) groups is 1. The molecule has 2 fully saturated rings. The molecule has 36 heavy (non-hydrogen) atoms. The van der Waals surface area contributed by atoms with Crippen LogP contribution in [0.15, 0.2) is 48.5 Å². The maximum atomic E-state index is 13.5. The fourth-order valence-corrected chi connectivity index (χ4v) is 5.87. The van der Waals surface area contributed by atoms with Crippen molar-refractivity contribution in [2.24, 2.45) is 0 Å². The highest BCUT2D eigenvalue weighted by Crippen LogP contribution is 2.28. The number of carbonyl (C=O) groups excluding carboxylic acids is 1. The molecule has 6 nitrogen and oxygen atoms in total. The third kappa shape index (κ3) is 6.28. The number of likely N-dealkylation sites (N-methyl/N-ethyl adjacent to an activating group) is 1. The minimum Gasteiger partial charge on any atom is -0.491 e. The van der Waals surface area contributed by atoms with Gasteiger partial charge >= 0.3 is 0 Å². The van der Waals surface area contributed by atoms with Gasteiger partial charge in [0.25, 0.3) is 0 Å². The Morgan fingerprint density at radius 2 is 1.81 bits per heavy atom. The Balaban J connectivity index is 1.15. The molecule has 2 aromatic carbocycles. The molecular weight excluding hydrogens is 450 g/mol. The second-order valence-corrected chi connectivity index (χ2v) is 10.5. The van der Waals surface area contributed by atoms with E-state index in [1.54, 1.807) is 0 Å². The van der Waals surface area contributed by atoms with Crippen molar-refractivity contribution in [2.75, 3.05) is 39.3 Å². The van der Waals surface area contributed by atoms with Gasteiger partial charge in [-0.05, 0) is 62.0 Å². The summed E-state index contributed by atoms with van der Waals surface area (Å²) in [5.74, 6) is 1.20. The molecule has 0 spiro atoms. The molecule has 3 aliphatic rings. The van der Waals surface area contributed by atoms with E-state index in [4.69, 9.17) is 9.47 Å². The molecule has 194 valence electrons. The van der Waals surface area contributed by atoms with Crippen LogP contribution in [0.4, 0.5) is 0 Å². The van der Waals surface area contributed by atoms with Crippen molar-refractivity contribution in [1.29, 1.82) is 0 Å². The van der Waals surface area contributed by atoms with Gasteiger partial charge in [-0.15, -0.1) is 0 Å². The number of piperidine rings is 2. The lowest BCUT2D eigenvalue weighted by molar-refractivity contribution is -0.139. The summed E-state index contributed by atoms with van der Waals surface area (Å²) in [6.07, 6.45) is 5.79. The standard InChI is InChI=1S/C30H41N3O3/c1-2-32-15-7-6-10-28(32)30(34)33-18-19-35-29-12-11-25(20-26(29)22-33)21-31-16-13-27(14-17-31)36-23-24-8-4-3-5-9-24/h3-5,8-9,11-12,20,27-28H,2,6-7,10,13-19,21-23H2,1H3/t28-/m0/s1. The lowest BCUT2D eigenvalue weighted by Gasteiger charge is -2.36. The number of nitrogens with zero attached hydrogens (tertiary/aromatic N) is 3. The van der Waals surface area contributed by atoms with Crippen LogP contribution < -0.4 is 4.74 Å². The molecule has 0 saturated carbocycles. The Morgan fingerprint density at radius 1 is 0.972 bits per heavy atom. The lowest BCUT2D eigenvalue weighted by Crippen LogP contribution is -2.51. The molecular formula is C30H41N3O3. The van der Waals surface area contributed by atoms with Crippen molar-refractivity contribution in [3.63, 3.8) is 0 Å². The van der Waals surface area contributed by atoms with Crippen LogP contribution in [0.25, 0.3) is 0 Å². The number of likely N-dealkylation sites (tertiary alicyclic amines) is 2. The highest BCUT2D eigenvalue weighted by Gasteiger charge is 2.32. The zero-order valence-corrected chi connectivity index (χ0v) is 21.7. The van der Waals surface area contributed by atoms with Crippen LogP contribution >= 0.6 is 0 Å². The second kappa shape index (κ2) is 12.2. The fraction of sp³-hybridized carbons (Fsp3) is 0.567. The Hall–Kier alpha value is -2.41. The van der Waals surface area contributed by atoms with E-state index in [0.29, 0.717) is 32.4 Å². The lowest BCUT2D eigenvalue weighted by atomic mass is 10.0. The van der Waals surface area contributed by atoms with Crippen LogP contribution in [0.1, 0.15) is 55.7 Å². The van der Waals surface area contributed by atoms with Gasteiger partial charge < -0.3 is 14.4 Å². The van der Waals surface area contributed by atoms with E-state index >= 15 is 0 Å². The molecule has 0 aliphatic carbocycles. The van der Waals surface area contributed by atoms with E-state index in [0.717, 1.165) is 69.7 Å². The summed E-state index contributed by atoms with van der Waals surface area (Å²) < 4.78 is 12.2. The Labute approximate surface area is 216 Å². The van der Waals surface area contributed by atoms with Gasteiger partial charge in [0.2, 0.25) is 5.91 Å². The molecule has 0 N–H and O–H groups in total. The van der Waals surface area contributed by atoms with Crippen LogP contribution in [-0.4, -0.2) is 72.1 Å². The first kappa shape index (κ1) is 25.2. The van der Waals surface area contributed by atoms with Gasteiger partial charge in [0.15, 0.2) is 0 Å². The Morgan fingerprint density at radius 3 is 2.61 bits per heavy atom. The summed E-state index contributed by atoms with van der Waals surface area (Å²) in [6, 6.07) is 17.0. The van der Waals surface area contributed by atoms with E-state index in [1.165, 1.54) is 17.5 Å². The summed E-state index contributed by atoms with van der Waals surface area (Å²) in [6.45, 7) is 9.73. The fourth-order valence-electron chi connectivity index (χ4n) is 5.87. The molecule has 1 amide bonds. The molecule has 3 aliphatic heterocycles. The van der Waals surface area contributed by atoms with Gasteiger partial charge in [-0.1, -0.05) is 49.7 Å². The largest absolute Gasteiger partial charge is 0.491 e. The third-order valence-corrected chi connectivity index (χ3v) is 7.99. The molecule has 0 unspecified atom stereocenters. The van der Waals surface area contributed by atoms with Crippen molar-refractivity contribution in [1.82, 2.24) is 14.7 Å². The molecule has 6 heteroatoms. The van der Waals surface area contributed by atoms with Gasteiger partial charge in [-0.2, -0.15) is 0 Å². The Bertz CT molecular complexity index is 990. The zero-order valence-electron chi connectivity index (χ0n) is 21.7. The van der Waals surface area contributed by atoms with Gasteiger partial charge in [-0.25, -0.2) is 0 Å². The normalized spacial score (nSPS) is 22.0. The number of hydrogen-bond acceptors (Lipinski definition) is 5. The SMILES string of the molecule is CCN1CCCC[C@H]1C(=O)N1CCOc2ccc(CN3CCC(OCc4ccccc4)CC3)cc2C1. The molecule has 2 aromatic rings. The first-order valence-electron chi connectivity index (χ1n) is 13.8. The predicted octanol–water partition coefficient (Wildman–Crippen LogP) is 4.46. The van der Waals surface area contributed by atoms with Crippen molar-refractivity contribution in [3.05, 3.63) is 65.2 Å².